The van der Waals surface area contributed by atoms with E-state index >= 15 is 0 Å². The summed E-state index contributed by atoms with van der Waals surface area (Å²) in [5.74, 6) is -3.04. The molecule has 3 rings (SSSR count). The highest BCUT2D eigenvalue weighted by atomic mass is 19.4. The molecular weight excluding hydrogens is 422 g/mol. The predicted molar refractivity (Wildman–Crippen MR) is 99.1 cm³/mol. The quantitative estimate of drug-likeness (QED) is 0.438. The molecule has 6 unspecified atom stereocenters. The van der Waals surface area contributed by atoms with Crippen molar-refractivity contribution in [3.8, 4) is 6.07 Å². The van der Waals surface area contributed by atoms with Gasteiger partial charge in [0.1, 0.15) is 12.0 Å². The molecule has 2 saturated heterocycles. The average molecular weight is 446 g/mol. The topological polar surface area (TPSA) is 114 Å². The van der Waals surface area contributed by atoms with Crippen LogP contribution in [0.4, 0.5) is 17.6 Å². The third-order valence-corrected chi connectivity index (χ3v) is 6.26. The number of hydrogen-bond donors (Lipinski definition) is 3. The third-order valence-electron chi connectivity index (χ3n) is 6.26. The Morgan fingerprint density at radius 1 is 1.39 bits per heavy atom. The first kappa shape index (κ1) is 23.1. The number of nitroso groups, excluding NO2 is 1. The van der Waals surface area contributed by atoms with Crippen molar-refractivity contribution in [1.29, 1.82) is 5.26 Å². The van der Waals surface area contributed by atoms with Crippen LogP contribution >= 0.6 is 0 Å². The summed E-state index contributed by atoms with van der Waals surface area (Å²) in [6.07, 6.45) is -6.37. The molecule has 3 aliphatic heterocycles. The van der Waals surface area contributed by atoms with E-state index in [4.69, 9.17) is 5.26 Å². The molecule has 31 heavy (non-hydrogen) atoms. The molecule has 2 amide bonds. The van der Waals surface area contributed by atoms with E-state index in [0.29, 0.717) is 11.2 Å². The Balaban J connectivity index is 1.68. The van der Waals surface area contributed by atoms with Crippen LogP contribution in [0.5, 0.6) is 0 Å². The van der Waals surface area contributed by atoms with Gasteiger partial charge in [-0.15, -0.1) is 0 Å². The second-order valence-electron chi connectivity index (χ2n) is 8.25. The number of carbonyl (C=O) groups is 2. The average Bonchev–Trinajstić information content (AvgIpc) is 2.69. The van der Waals surface area contributed by atoms with Gasteiger partial charge in [-0.2, -0.15) is 18.4 Å². The lowest BCUT2D eigenvalue weighted by Gasteiger charge is -2.44. The Bertz CT molecular complexity index is 837. The molecule has 0 spiro atoms. The van der Waals surface area contributed by atoms with Gasteiger partial charge in [-0.05, 0) is 19.9 Å². The molecule has 0 bridgehead atoms. The zero-order valence-electron chi connectivity index (χ0n) is 16.8. The second kappa shape index (κ2) is 8.90. The summed E-state index contributed by atoms with van der Waals surface area (Å²) in [4.78, 5) is 36.7. The van der Waals surface area contributed by atoms with Crippen molar-refractivity contribution < 1.29 is 31.9 Å². The number of nitrogens with zero attached hydrogens (tertiary/aromatic N) is 2. The van der Waals surface area contributed by atoms with Crippen LogP contribution in [0.2, 0.25) is 0 Å². The van der Waals surface area contributed by atoms with Gasteiger partial charge in [-0.1, -0.05) is 5.57 Å². The standard InChI is InChI=1S/C19H23F4N5O3/c1-9-11(18(30)27-13-2-3-25-17(16(9)13)19(21,22)23)5-15(29)26-7-14-12(20)4-10(6-24)8-28(14)31/h10,12-14,16-17,25H,2-5,7-8H2,1H3,(H-,26,27,29,30)/p+1. The lowest BCUT2D eigenvalue weighted by atomic mass is 9.75. The number of nitrogens with one attached hydrogen (secondary N) is 3. The molecule has 0 aromatic carbocycles. The van der Waals surface area contributed by atoms with E-state index in [-0.39, 0.29) is 37.2 Å². The lowest BCUT2D eigenvalue weighted by molar-refractivity contribution is -0.605. The van der Waals surface area contributed by atoms with Crippen LogP contribution in [0.3, 0.4) is 0 Å². The second-order valence-corrected chi connectivity index (χ2v) is 8.25. The van der Waals surface area contributed by atoms with Gasteiger partial charge in [0.05, 0.1) is 19.0 Å². The minimum atomic E-state index is -4.52. The van der Waals surface area contributed by atoms with Crippen molar-refractivity contribution in [3.63, 3.8) is 0 Å². The fourth-order valence-electron chi connectivity index (χ4n) is 4.62. The van der Waals surface area contributed by atoms with Crippen molar-refractivity contribution in [3.05, 3.63) is 16.1 Å². The monoisotopic (exact) mass is 446 g/mol. The van der Waals surface area contributed by atoms with Gasteiger partial charge in [-0.25, -0.2) is 4.39 Å². The van der Waals surface area contributed by atoms with E-state index in [9.17, 15) is 32.1 Å². The van der Waals surface area contributed by atoms with Crippen LogP contribution in [0, 0.1) is 28.1 Å². The van der Waals surface area contributed by atoms with E-state index < -0.39 is 60.5 Å². The van der Waals surface area contributed by atoms with Crippen LogP contribution < -0.4 is 16.0 Å². The first-order chi connectivity index (χ1) is 14.5. The molecule has 0 aliphatic carbocycles. The van der Waals surface area contributed by atoms with Crippen LogP contribution in [-0.4, -0.2) is 66.7 Å². The molecule has 2 fully saturated rings. The maximum absolute atomic E-state index is 14.2. The van der Waals surface area contributed by atoms with Gasteiger partial charge < -0.3 is 16.0 Å². The molecule has 0 aromatic heterocycles. The maximum Gasteiger partial charge on any atom is 0.404 e. The van der Waals surface area contributed by atoms with Crippen LogP contribution in [-0.2, 0) is 9.59 Å². The molecule has 8 nitrogen and oxygen atoms in total. The largest absolute Gasteiger partial charge is 0.404 e. The van der Waals surface area contributed by atoms with Gasteiger partial charge >= 0.3 is 6.18 Å². The van der Waals surface area contributed by atoms with E-state index in [1.807, 2.05) is 6.07 Å². The number of nitriles is 1. The number of fused-ring (bicyclic) bond motifs is 1. The summed E-state index contributed by atoms with van der Waals surface area (Å²) in [6.45, 7) is 1.04. The van der Waals surface area contributed by atoms with Gasteiger partial charge in [0.15, 0.2) is 6.17 Å². The molecule has 3 aliphatic rings. The van der Waals surface area contributed by atoms with Crippen LogP contribution in [0.25, 0.3) is 0 Å². The highest BCUT2D eigenvalue weighted by Gasteiger charge is 2.52. The summed E-state index contributed by atoms with van der Waals surface area (Å²) in [5, 5.41) is 16.3. The summed E-state index contributed by atoms with van der Waals surface area (Å²) >= 11 is 0. The summed E-state index contributed by atoms with van der Waals surface area (Å²) in [6, 6.07) is -1.82. The molecule has 12 heteroatoms. The number of carbonyl (C=O) groups excluding carboxylic acids is 2. The van der Waals surface area contributed by atoms with Gasteiger partial charge in [0.25, 0.3) is 0 Å². The number of piperidine rings is 2. The Morgan fingerprint density at radius 3 is 2.71 bits per heavy atom. The highest BCUT2D eigenvalue weighted by molar-refractivity contribution is 6.00. The predicted octanol–water partition coefficient (Wildman–Crippen LogP) is 0.877. The molecule has 3 N–H and O–H groups in total. The zero-order valence-corrected chi connectivity index (χ0v) is 16.8. The third kappa shape index (κ3) is 4.87. The first-order valence-corrected chi connectivity index (χ1v) is 10.1. The zero-order chi connectivity index (χ0) is 22.9. The fourth-order valence-corrected chi connectivity index (χ4v) is 4.62. The van der Waals surface area contributed by atoms with Crippen LogP contribution in [0.1, 0.15) is 26.2 Å². The first-order valence-electron chi connectivity index (χ1n) is 10.1. The highest BCUT2D eigenvalue weighted by Crippen LogP contribution is 2.38. The Hall–Kier alpha value is -2.55. The maximum atomic E-state index is 14.2. The Kier molecular flexibility index (Phi) is 6.64. The summed E-state index contributed by atoms with van der Waals surface area (Å²) in [7, 11) is 0. The van der Waals surface area contributed by atoms with Crippen molar-refractivity contribution >= 4 is 11.8 Å². The number of halogens is 4. The summed E-state index contributed by atoms with van der Waals surface area (Å²) in [5.41, 5.74) is 0.141. The lowest BCUT2D eigenvalue weighted by Crippen LogP contribution is -2.62. The smallest absolute Gasteiger partial charge is 0.349 e. The molecule has 170 valence electrons. The minimum Gasteiger partial charge on any atom is -0.349 e. The molecule has 6 atom stereocenters. The van der Waals surface area contributed by atoms with E-state index in [1.54, 1.807) is 0 Å². The SMILES string of the molecule is CC1=C(CC(=O)NCC2C(F)CC(C#N)C[N+]2=O)C(=O)NC2CCNC(C(F)(F)F)C12. The van der Waals surface area contributed by atoms with Crippen molar-refractivity contribution in [2.24, 2.45) is 11.8 Å². The number of amides is 2. The summed E-state index contributed by atoms with van der Waals surface area (Å²) < 4.78 is 55.0. The van der Waals surface area contributed by atoms with Crippen LogP contribution in [0.15, 0.2) is 11.1 Å². The Labute approximate surface area is 176 Å². The number of hydrogen-bond acceptors (Lipinski definition) is 5. The van der Waals surface area contributed by atoms with Crippen molar-refractivity contribution in [2.45, 2.75) is 56.7 Å². The van der Waals surface area contributed by atoms with Crippen molar-refractivity contribution in [2.75, 3.05) is 19.6 Å². The van der Waals surface area contributed by atoms with E-state index in [2.05, 4.69) is 16.0 Å². The molecule has 0 radical (unpaired) electrons. The van der Waals surface area contributed by atoms with Gasteiger partial charge in [0, 0.05) is 33.6 Å². The van der Waals surface area contributed by atoms with E-state index in [0.717, 1.165) is 0 Å². The Morgan fingerprint density at radius 2 is 2.10 bits per heavy atom. The normalized spacial score (nSPS) is 33.9. The van der Waals surface area contributed by atoms with E-state index in [1.165, 1.54) is 6.92 Å². The minimum absolute atomic E-state index is 0.0549. The molecular formula is C19H24F4N5O3+. The molecule has 0 aromatic rings. The molecule has 0 saturated carbocycles. The van der Waals surface area contributed by atoms with Gasteiger partial charge in [-0.3, -0.25) is 9.59 Å². The number of rotatable bonds is 4. The molecule has 3 heterocycles. The van der Waals surface area contributed by atoms with Gasteiger partial charge in [0.2, 0.25) is 24.4 Å². The number of alkyl halides is 4. The van der Waals surface area contributed by atoms with Crippen molar-refractivity contribution in [1.82, 2.24) is 16.0 Å². The fraction of sp³-hybridized carbons (Fsp3) is 0.737.